The number of halogens is 3. The summed E-state index contributed by atoms with van der Waals surface area (Å²) in [6, 6.07) is 5.77. The van der Waals surface area contributed by atoms with E-state index in [9.17, 15) is 26.7 Å². The number of hydrogen-bond donors (Lipinski definition) is 3. The predicted molar refractivity (Wildman–Crippen MR) is 119 cm³/mol. The highest BCUT2D eigenvalue weighted by atomic mass is 32.2. The molecule has 0 spiro atoms. The maximum atomic E-state index is 12.7. The number of alkyl halides is 3. The molecule has 0 saturated heterocycles. The van der Waals surface area contributed by atoms with Gasteiger partial charge in [-0.15, -0.1) is 0 Å². The lowest BCUT2D eigenvalue weighted by atomic mass is 9.98. The number of pyridine rings is 1. The fraction of sp³-hybridized carbons (Fsp3) is 0.333. The van der Waals surface area contributed by atoms with E-state index in [2.05, 4.69) is 10.1 Å². The Hall–Kier alpha value is -3.00. The zero-order valence-electron chi connectivity index (χ0n) is 18.4. The first-order chi connectivity index (χ1) is 15.6. The summed E-state index contributed by atoms with van der Waals surface area (Å²) in [5.74, 6) is 0.0535. The van der Waals surface area contributed by atoms with Crippen LogP contribution in [0.15, 0.2) is 47.8 Å². The van der Waals surface area contributed by atoms with Crippen molar-refractivity contribution in [2.24, 2.45) is 5.14 Å². The van der Waals surface area contributed by atoms with Crippen molar-refractivity contribution in [1.82, 2.24) is 14.8 Å². The van der Waals surface area contributed by atoms with E-state index >= 15 is 0 Å². The van der Waals surface area contributed by atoms with Crippen LogP contribution in [-0.4, -0.2) is 46.7 Å². The molecule has 0 aliphatic carbocycles. The Kier molecular flexibility index (Phi) is 7.03. The van der Waals surface area contributed by atoms with Crippen molar-refractivity contribution in [2.45, 2.75) is 43.7 Å². The zero-order valence-corrected chi connectivity index (χ0v) is 19.2. The number of rotatable bonds is 8. The predicted octanol–water partition coefficient (Wildman–Crippen LogP) is 2.69. The topological polar surface area (TPSA) is 146 Å². The number of primary sulfonamides is 1. The lowest BCUT2D eigenvalue weighted by Crippen LogP contribution is -2.25. The van der Waals surface area contributed by atoms with E-state index in [-0.39, 0.29) is 23.9 Å². The minimum atomic E-state index is -4.44. The second kappa shape index (κ2) is 9.33. The van der Waals surface area contributed by atoms with Crippen LogP contribution in [-0.2, 0) is 27.9 Å². The average Bonchev–Trinajstić information content (AvgIpc) is 3.13. The molecule has 0 unspecified atom stereocenters. The third-order valence-corrected chi connectivity index (χ3v) is 5.55. The van der Waals surface area contributed by atoms with Crippen LogP contribution < -0.4 is 10.9 Å². The molecule has 9 nitrogen and oxygen atoms in total. The molecule has 3 rings (SSSR count). The van der Waals surface area contributed by atoms with E-state index < -0.39 is 28.3 Å². The quantitative estimate of drug-likeness (QED) is 0.432. The lowest BCUT2D eigenvalue weighted by Gasteiger charge is -2.18. The number of hydrogen-bond acceptors (Lipinski definition) is 7. The average molecular weight is 500 g/mol. The first-order valence-corrected chi connectivity index (χ1v) is 11.5. The molecule has 0 amide bonds. The van der Waals surface area contributed by atoms with Crippen molar-refractivity contribution in [3.8, 4) is 22.3 Å². The molecule has 0 radical (unpaired) electrons. The highest BCUT2D eigenvalue weighted by molar-refractivity contribution is 7.89. The summed E-state index contributed by atoms with van der Waals surface area (Å²) in [7, 11) is -4.02. The van der Waals surface area contributed by atoms with Gasteiger partial charge < -0.3 is 15.6 Å². The zero-order chi connectivity index (χ0) is 25.3. The van der Waals surface area contributed by atoms with Crippen LogP contribution in [0.4, 0.5) is 19.0 Å². The Morgan fingerprint density at radius 3 is 2.44 bits per heavy atom. The third-order valence-electron chi connectivity index (χ3n) is 4.64. The van der Waals surface area contributed by atoms with Gasteiger partial charge in [0.05, 0.1) is 29.9 Å². The minimum Gasteiger partial charge on any atom is -0.388 e. The van der Waals surface area contributed by atoms with Gasteiger partial charge >= 0.3 is 6.18 Å². The molecule has 0 atom stereocenters. The number of anilines is 1. The van der Waals surface area contributed by atoms with Gasteiger partial charge in [0.25, 0.3) is 0 Å². The van der Waals surface area contributed by atoms with Crippen molar-refractivity contribution in [1.29, 1.82) is 0 Å². The van der Waals surface area contributed by atoms with Gasteiger partial charge in [-0.25, -0.2) is 18.5 Å². The molecule has 13 heteroatoms. The normalized spacial score (nSPS) is 12.8. The van der Waals surface area contributed by atoms with Crippen LogP contribution in [0.1, 0.15) is 19.4 Å². The smallest absolute Gasteiger partial charge is 0.388 e. The number of ether oxygens (including phenoxy) is 1. The largest absolute Gasteiger partial charge is 0.408 e. The number of aromatic nitrogens is 3. The molecule has 0 aliphatic heterocycles. The Bertz CT molecular complexity index is 1280. The standard InChI is InChI=1S/C21H24F3N5O4S/c1-20(2,30)12-33-10-13-3-4-16(34(26,31)32)6-17(13)14-5-18(19(25)27-7-14)15-8-28-29(9-15)11-21(22,23)24/h3-9,30H,10-12H2,1-2H3,(H2,25,27)(H2,26,31,32). The summed E-state index contributed by atoms with van der Waals surface area (Å²) < 4.78 is 68.2. The minimum absolute atomic E-state index is 0.0208. The van der Waals surface area contributed by atoms with Crippen molar-refractivity contribution in [3.05, 3.63) is 48.4 Å². The van der Waals surface area contributed by atoms with E-state index in [0.717, 1.165) is 4.68 Å². The highest BCUT2D eigenvalue weighted by Crippen LogP contribution is 2.33. The van der Waals surface area contributed by atoms with E-state index in [0.29, 0.717) is 27.8 Å². The van der Waals surface area contributed by atoms with Crippen molar-refractivity contribution in [2.75, 3.05) is 12.3 Å². The molecule has 0 aliphatic rings. The highest BCUT2D eigenvalue weighted by Gasteiger charge is 2.28. The van der Waals surface area contributed by atoms with E-state index in [4.69, 9.17) is 15.6 Å². The molecule has 5 N–H and O–H groups in total. The molecule has 34 heavy (non-hydrogen) atoms. The molecule has 1 aromatic carbocycles. The fourth-order valence-electron chi connectivity index (χ4n) is 3.16. The van der Waals surface area contributed by atoms with Gasteiger partial charge in [0.2, 0.25) is 10.0 Å². The second-order valence-electron chi connectivity index (χ2n) is 8.37. The first kappa shape index (κ1) is 25.6. The van der Waals surface area contributed by atoms with Gasteiger partial charge in [-0.05, 0) is 43.2 Å². The molecule has 2 aromatic heterocycles. The van der Waals surface area contributed by atoms with Crippen LogP contribution in [0.3, 0.4) is 0 Å². The summed E-state index contributed by atoms with van der Waals surface area (Å²) in [6.45, 7) is 1.94. The van der Waals surface area contributed by atoms with Crippen LogP contribution in [0, 0.1) is 0 Å². The maximum Gasteiger partial charge on any atom is 0.408 e. The van der Waals surface area contributed by atoms with Crippen LogP contribution >= 0.6 is 0 Å². The molecular formula is C21H24F3N5O4S. The summed E-state index contributed by atoms with van der Waals surface area (Å²) in [5.41, 5.74) is 6.92. The van der Waals surface area contributed by atoms with Gasteiger partial charge in [0, 0.05) is 29.1 Å². The number of nitrogens with two attached hydrogens (primary N) is 2. The number of benzene rings is 1. The molecule has 0 saturated carbocycles. The fourth-order valence-corrected chi connectivity index (χ4v) is 3.70. The SMILES string of the molecule is CC(C)(O)COCc1ccc(S(N)(=O)=O)cc1-c1cnc(N)c(-c2cnn(CC(F)(F)F)c2)c1. The van der Waals surface area contributed by atoms with Gasteiger partial charge in [-0.1, -0.05) is 6.07 Å². The van der Waals surface area contributed by atoms with Crippen LogP contribution in [0.2, 0.25) is 0 Å². The van der Waals surface area contributed by atoms with Crippen LogP contribution in [0.25, 0.3) is 22.3 Å². The molecule has 0 fully saturated rings. The number of nitrogens with zero attached hydrogens (tertiary/aromatic N) is 3. The maximum absolute atomic E-state index is 12.7. The summed E-state index contributed by atoms with van der Waals surface area (Å²) >= 11 is 0. The van der Waals surface area contributed by atoms with Crippen molar-refractivity contribution < 1.29 is 31.4 Å². The molecular weight excluding hydrogens is 475 g/mol. The third kappa shape index (κ3) is 6.76. The second-order valence-corrected chi connectivity index (χ2v) is 9.93. The van der Waals surface area contributed by atoms with Gasteiger partial charge in [0.15, 0.2) is 0 Å². The Balaban J connectivity index is 2.04. The van der Waals surface area contributed by atoms with Crippen molar-refractivity contribution >= 4 is 15.8 Å². The van der Waals surface area contributed by atoms with E-state index in [1.807, 2.05) is 0 Å². The number of nitrogen functional groups attached to an aromatic ring is 1. The number of aliphatic hydroxyl groups is 1. The van der Waals surface area contributed by atoms with Crippen LogP contribution in [0.5, 0.6) is 0 Å². The molecule has 2 heterocycles. The summed E-state index contributed by atoms with van der Waals surface area (Å²) in [5, 5.41) is 18.9. The monoisotopic (exact) mass is 499 g/mol. The number of sulfonamides is 1. The van der Waals surface area contributed by atoms with Gasteiger partial charge in [-0.3, -0.25) is 4.68 Å². The Labute approximate surface area is 194 Å². The Morgan fingerprint density at radius 2 is 1.82 bits per heavy atom. The summed E-state index contributed by atoms with van der Waals surface area (Å²) in [6.07, 6.45) is -0.613. The first-order valence-electron chi connectivity index (χ1n) is 9.94. The lowest BCUT2D eigenvalue weighted by molar-refractivity contribution is -0.142. The Morgan fingerprint density at radius 1 is 1.12 bits per heavy atom. The summed E-state index contributed by atoms with van der Waals surface area (Å²) in [4.78, 5) is 3.98. The van der Waals surface area contributed by atoms with Crippen molar-refractivity contribution in [3.63, 3.8) is 0 Å². The van der Waals surface area contributed by atoms with Gasteiger partial charge in [0.1, 0.15) is 12.4 Å². The molecule has 184 valence electrons. The van der Waals surface area contributed by atoms with E-state index in [1.165, 1.54) is 36.8 Å². The molecule has 0 bridgehead atoms. The van der Waals surface area contributed by atoms with Gasteiger partial charge in [-0.2, -0.15) is 18.3 Å². The molecule has 3 aromatic rings. The van der Waals surface area contributed by atoms with E-state index in [1.54, 1.807) is 19.9 Å².